The molecule has 0 aliphatic carbocycles. The fourth-order valence-corrected chi connectivity index (χ4v) is 4.64. The molecule has 0 amide bonds. The number of aromatic nitrogens is 1. The zero-order chi connectivity index (χ0) is 12.8. The molecular weight excluding hydrogens is 266 g/mol. The van der Waals surface area contributed by atoms with Gasteiger partial charge in [-0.05, 0) is 31.2 Å². The average Bonchev–Trinajstić information content (AvgIpc) is 2.95. The number of thiophene rings is 1. The summed E-state index contributed by atoms with van der Waals surface area (Å²) in [5, 5.41) is 0.925. The van der Waals surface area contributed by atoms with Crippen molar-refractivity contribution in [2.75, 3.05) is 0 Å². The molecule has 92 valence electrons. The number of rotatable bonds is 2. The van der Waals surface area contributed by atoms with Gasteiger partial charge in [0.15, 0.2) is 0 Å². The van der Waals surface area contributed by atoms with Crippen LogP contribution in [0.3, 0.4) is 0 Å². The Labute approximate surface area is 109 Å². The summed E-state index contributed by atoms with van der Waals surface area (Å²) in [6, 6.07) is 12.7. The van der Waals surface area contributed by atoms with Crippen LogP contribution in [0.25, 0.3) is 10.9 Å². The van der Waals surface area contributed by atoms with E-state index in [4.69, 9.17) is 0 Å². The quantitative estimate of drug-likeness (QED) is 0.721. The van der Waals surface area contributed by atoms with Gasteiger partial charge in [0.2, 0.25) is 0 Å². The lowest BCUT2D eigenvalue weighted by molar-refractivity contribution is 0.591. The van der Waals surface area contributed by atoms with Gasteiger partial charge in [-0.25, -0.2) is 3.97 Å². The van der Waals surface area contributed by atoms with Crippen LogP contribution in [0.15, 0.2) is 52.9 Å². The molecule has 18 heavy (non-hydrogen) atoms. The van der Waals surface area contributed by atoms with Crippen LogP contribution in [0.5, 0.6) is 0 Å². The van der Waals surface area contributed by atoms with E-state index in [0.29, 0.717) is 9.73 Å². The lowest BCUT2D eigenvalue weighted by Gasteiger charge is -2.04. The molecule has 0 aliphatic heterocycles. The minimum atomic E-state index is -3.47. The molecule has 3 aromatic rings. The zero-order valence-electron chi connectivity index (χ0n) is 9.70. The Morgan fingerprint density at radius 1 is 1.06 bits per heavy atom. The highest BCUT2D eigenvalue weighted by atomic mass is 32.2. The van der Waals surface area contributed by atoms with Gasteiger partial charge < -0.3 is 0 Å². The van der Waals surface area contributed by atoms with Crippen LogP contribution in [0.4, 0.5) is 0 Å². The molecule has 3 nitrogen and oxygen atoms in total. The van der Waals surface area contributed by atoms with E-state index in [0.717, 1.165) is 10.3 Å². The lowest BCUT2D eigenvalue weighted by atomic mass is 10.3. The zero-order valence-corrected chi connectivity index (χ0v) is 11.3. The minimum absolute atomic E-state index is 0.376. The van der Waals surface area contributed by atoms with E-state index in [1.54, 1.807) is 12.3 Å². The Morgan fingerprint density at radius 2 is 1.83 bits per heavy atom. The maximum absolute atomic E-state index is 12.5. The molecule has 0 N–H and O–H groups in total. The Balaban J connectivity index is 2.26. The first kappa shape index (κ1) is 11.5. The van der Waals surface area contributed by atoms with Gasteiger partial charge in [0, 0.05) is 16.5 Å². The first-order valence-corrected chi connectivity index (χ1v) is 7.73. The summed E-state index contributed by atoms with van der Waals surface area (Å²) < 4.78 is 26.7. The van der Waals surface area contributed by atoms with Gasteiger partial charge in [-0.15, -0.1) is 11.3 Å². The van der Waals surface area contributed by atoms with E-state index >= 15 is 0 Å². The molecule has 5 heteroatoms. The second-order valence-electron chi connectivity index (χ2n) is 4.04. The molecule has 2 heterocycles. The monoisotopic (exact) mass is 277 g/mol. The summed E-state index contributed by atoms with van der Waals surface area (Å²) in [5.41, 5.74) is 0.712. The summed E-state index contributed by atoms with van der Waals surface area (Å²) in [5.74, 6) is 0. The predicted octanol–water partition coefficient (Wildman–Crippen LogP) is 3.25. The fourth-order valence-electron chi connectivity index (χ4n) is 1.91. The van der Waals surface area contributed by atoms with Crippen LogP contribution in [-0.4, -0.2) is 12.4 Å². The van der Waals surface area contributed by atoms with E-state index in [1.165, 1.54) is 15.3 Å². The molecule has 0 radical (unpaired) electrons. The first-order valence-electron chi connectivity index (χ1n) is 5.47. The minimum Gasteiger partial charge on any atom is -0.240 e. The van der Waals surface area contributed by atoms with Crippen LogP contribution >= 0.6 is 11.3 Å². The molecular formula is C13H11NO2S2. The average molecular weight is 277 g/mol. The molecule has 0 unspecified atom stereocenters. The van der Waals surface area contributed by atoms with Crippen LogP contribution in [0, 0.1) is 6.92 Å². The van der Waals surface area contributed by atoms with E-state index < -0.39 is 10.0 Å². The highest BCUT2D eigenvalue weighted by Crippen LogP contribution is 2.26. The molecule has 0 saturated heterocycles. The largest absolute Gasteiger partial charge is 0.277 e. The van der Waals surface area contributed by atoms with Crippen molar-refractivity contribution >= 4 is 32.3 Å². The predicted molar refractivity (Wildman–Crippen MR) is 73.6 cm³/mol. The molecule has 0 aliphatic rings. The van der Waals surface area contributed by atoms with Crippen molar-refractivity contribution in [3.63, 3.8) is 0 Å². The topological polar surface area (TPSA) is 39.1 Å². The third-order valence-electron chi connectivity index (χ3n) is 2.79. The standard InChI is InChI=1S/C13H11NO2S2/c1-10-6-7-13(17-10)18(15,16)14-9-8-11-4-2-3-5-12(11)14/h2-9H,1H3. The maximum Gasteiger partial charge on any atom is 0.277 e. The van der Waals surface area contributed by atoms with Crippen molar-refractivity contribution in [3.05, 3.63) is 53.5 Å². The van der Waals surface area contributed by atoms with Gasteiger partial charge in [0.25, 0.3) is 10.0 Å². The van der Waals surface area contributed by atoms with Crippen molar-refractivity contribution < 1.29 is 8.42 Å². The smallest absolute Gasteiger partial charge is 0.240 e. The molecule has 0 bridgehead atoms. The number of aryl methyl sites for hydroxylation is 1. The summed E-state index contributed by atoms with van der Waals surface area (Å²) in [6.07, 6.45) is 1.61. The molecule has 0 saturated carbocycles. The van der Waals surface area contributed by atoms with Gasteiger partial charge in [-0.3, -0.25) is 0 Å². The van der Waals surface area contributed by atoms with E-state index in [-0.39, 0.29) is 0 Å². The second kappa shape index (κ2) is 3.96. The lowest BCUT2D eigenvalue weighted by Crippen LogP contribution is -2.09. The van der Waals surface area contributed by atoms with Crippen LogP contribution in [0.2, 0.25) is 0 Å². The molecule has 2 aromatic heterocycles. The number of fused-ring (bicyclic) bond motifs is 1. The van der Waals surface area contributed by atoms with Crippen molar-refractivity contribution in [1.29, 1.82) is 0 Å². The summed E-state index contributed by atoms with van der Waals surface area (Å²) in [6.45, 7) is 1.90. The van der Waals surface area contributed by atoms with Gasteiger partial charge in [-0.1, -0.05) is 18.2 Å². The Morgan fingerprint density at radius 3 is 2.56 bits per heavy atom. The van der Waals surface area contributed by atoms with Crippen LogP contribution < -0.4 is 0 Å². The van der Waals surface area contributed by atoms with Crippen LogP contribution in [-0.2, 0) is 10.0 Å². The molecule has 3 rings (SSSR count). The number of hydrogen-bond acceptors (Lipinski definition) is 3. The van der Waals surface area contributed by atoms with Gasteiger partial charge >= 0.3 is 0 Å². The van der Waals surface area contributed by atoms with Crippen LogP contribution in [0.1, 0.15) is 4.88 Å². The third kappa shape index (κ3) is 1.67. The Hall–Kier alpha value is -1.59. The molecule has 0 atom stereocenters. The highest BCUT2D eigenvalue weighted by Gasteiger charge is 2.20. The Kier molecular flexibility index (Phi) is 2.53. The van der Waals surface area contributed by atoms with E-state index in [9.17, 15) is 8.42 Å². The summed E-state index contributed by atoms with van der Waals surface area (Å²) in [7, 11) is -3.47. The fraction of sp³-hybridized carbons (Fsp3) is 0.0769. The van der Waals surface area contributed by atoms with E-state index in [1.807, 2.05) is 43.3 Å². The van der Waals surface area contributed by atoms with Gasteiger partial charge in [-0.2, -0.15) is 8.42 Å². The summed E-state index contributed by atoms with van der Waals surface area (Å²) in [4.78, 5) is 0.991. The molecule has 0 spiro atoms. The number of hydrogen-bond donors (Lipinski definition) is 0. The van der Waals surface area contributed by atoms with Gasteiger partial charge in [0.1, 0.15) is 4.21 Å². The van der Waals surface area contributed by atoms with Crippen molar-refractivity contribution in [2.45, 2.75) is 11.1 Å². The van der Waals surface area contributed by atoms with Crippen molar-refractivity contribution in [2.24, 2.45) is 0 Å². The SMILES string of the molecule is Cc1ccc(S(=O)(=O)n2ccc3ccccc32)s1. The second-order valence-corrected chi connectivity index (χ2v) is 7.37. The number of nitrogens with zero attached hydrogens (tertiary/aromatic N) is 1. The van der Waals surface area contributed by atoms with E-state index in [2.05, 4.69) is 0 Å². The third-order valence-corrected chi connectivity index (χ3v) is 5.95. The molecule has 0 fully saturated rings. The number of benzene rings is 1. The first-order chi connectivity index (χ1) is 8.59. The van der Waals surface area contributed by atoms with Crippen molar-refractivity contribution in [3.8, 4) is 0 Å². The van der Waals surface area contributed by atoms with Crippen molar-refractivity contribution in [1.82, 2.24) is 3.97 Å². The summed E-state index contributed by atoms with van der Waals surface area (Å²) >= 11 is 1.29. The highest BCUT2D eigenvalue weighted by molar-refractivity contribution is 7.92. The van der Waals surface area contributed by atoms with Gasteiger partial charge in [0.05, 0.1) is 5.52 Å². The maximum atomic E-state index is 12.5. The molecule has 1 aromatic carbocycles. The Bertz CT molecular complexity index is 812. The normalized spacial score (nSPS) is 12.1. The number of para-hydroxylation sites is 1.